The summed E-state index contributed by atoms with van der Waals surface area (Å²) < 4.78 is 5.45. The average Bonchev–Trinajstić information content (AvgIpc) is 2.69. The Morgan fingerprint density at radius 1 is 1.09 bits per heavy atom. The van der Waals surface area contributed by atoms with Crippen LogP contribution in [0.1, 0.15) is 46.5 Å². The first kappa shape index (κ1) is 26.5. The molecule has 2 aliphatic rings. The molecular formula is C21H33N3O6S2. The summed E-state index contributed by atoms with van der Waals surface area (Å²) in [5.41, 5.74) is 0. The van der Waals surface area contributed by atoms with E-state index in [9.17, 15) is 24.3 Å². The maximum atomic E-state index is 13.0. The van der Waals surface area contributed by atoms with Crippen molar-refractivity contribution >= 4 is 45.3 Å². The van der Waals surface area contributed by atoms with Gasteiger partial charge in [-0.05, 0) is 31.8 Å². The molecule has 0 aromatic heterocycles. The highest BCUT2D eigenvalue weighted by molar-refractivity contribution is 8.76. The normalized spacial score (nSPS) is 32.5. The molecule has 0 aromatic rings. The van der Waals surface area contributed by atoms with Gasteiger partial charge < -0.3 is 25.8 Å². The van der Waals surface area contributed by atoms with Gasteiger partial charge in [-0.3, -0.25) is 19.2 Å². The number of allylic oxidation sites excluding steroid dienone is 1. The zero-order chi connectivity index (χ0) is 23.7. The summed E-state index contributed by atoms with van der Waals surface area (Å²) in [6.45, 7) is 5.43. The molecule has 5 atom stereocenters. The number of carbonyl (C=O) groups is 4. The average molecular weight is 488 g/mol. The third-order valence-electron chi connectivity index (χ3n) is 5.00. The van der Waals surface area contributed by atoms with Crippen LogP contribution in [0.3, 0.4) is 0 Å². The number of hydrogen-bond acceptors (Lipinski definition) is 8. The molecule has 4 N–H and O–H groups in total. The molecule has 1 fully saturated rings. The summed E-state index contributed by atoms with van der Waals surface area (Å²) in [6.07, 6.45) is 2.21. The van der Waals surface area contributed by atoms with E-state index < -0.39 is 54.0 Å². The van der Waals surface area contributed by atoms with Gasteiger partial charge in [0.25, 0.3) is 0 Å². The molecule has 5 unspecified atom stereocenters. The first-order valence-corrected chi connectivity index (χ1v) is 13.3. The van der Waals surface area contributed by atoms with Gasteiger partial charge in [0.05, 0.1) is 25.0 Å². The van der Waals surface area contributed by atoms with Gasteiger partial charge in [-0.15, -0.1) is 0 Å². The van der Waals surface area contributed by atoms with Crippen LogP contribution in [0.15, 0.2) is 12.2 Å². The maximum absolute atomic E-state index is 13.0. The number of rotatable bonds is 2. The standard InChI is InChI=1S/C21H33N3O6S2/c1-12(2)8-15-17(25)10-19(27)30-14-6-4-5-7-31-32-11-16(21(29)23-15)24-20(28)13(3)22-18(26)9-14/h4,6,12-17,25H,5,7-11H2,1-3H3,(H,22,26)(H,23,29)(H,24,28)/b6-4-. The van der Waals surface area contributed by atoms with Crippen LogP contribution in [0, 0.1) is 5.92 Å². The first-order valence-electron chi connectivity index (χ1n) is 10.8. The topological polar surface area (TPSA) is 134 Å². The van der Waals surface area contributed by atoms with Crippen LogP contribution < -0.4 is 16.0 Å². The molecule has 2 aliphatic heterocycles. The Labute approximate surface area is 196 Å². The van der Waals surface area contributed by atoms with Gasteiger partial charge in [-0.2, -0.15) is 0 Å². The van der Waals surface area contributed by atoms with Crippen molar-refractivity contribution in [3.63, 3.8) is 0 Å². The van der Waals surface area contributed by atoms with E-state index in [1.807, 2.05) is 19.9 Å². The van der Waals surface area contributed by atoms with Crippen molar-refractivity contribution in [3.05, 3.63) is 12.2 Å². The Morgan fingerprint density at radius 2 is 1.84 bits per heavy atom. The summed E-state index contributed by atoms with van der Waals surface area (Å²) in [6, 6.07) is -2.41. The predicted octanol–water partition coefficient (Wildman–Crippen LogP) is 0.915. The number of fused-ring (bicyclic) bond motifs is 7. The van der Waals surface area contributed by atoms with Gasteiger partial charge in [0.2, 0.25) is 17.7 Å². The number of hydrogen-bond donors (Lipinski definition) is 4. The third-order valence-corrected chi connectivity index (χ3v) is 7.45. The van der Waals surface area contributed by atoms with Gasteiger partial charge in [0.1, 0.15) is 18.2 Å². The summed E-state index contributed by atoms with van der Waals surface area (Å²) in [5.74, 6) is -0.823. The lowest BCUT2D eigenvalue weighted by molar-refractivity contribution is -0.151. The van der Waals surface area contributed by atoms with Crippen LogP contribution in [-0.4, -0.2) is 70.6 Å². The third kappa shape index (κ3) is 9.03. The molecule has 2 heterocycles. The lowest BCUT2D eigenvalue weighted by Crippen LogP contribution is -2.56. The van der Waals surface area contributed by atoms with E-state index in [4.69, 9.17) is 4.74 Å². The Balaban J connectivity index is 2.40. The van der Waals surface area contributed by atoms with Crippen LogP contribution in [0.5, 0.6) is 0 Å². The molecule has 2 rings (SSSR count). The second kappa shape index (κ2) is 13.1. The fraction of sp³-hybridized carbons (Fsp3) is 0.714. The first-order chi connectivity index (χ1) is 15.2. The van der Waals surface area contributed by atoms with Crippen LogP contribution in [0.25, 0.3) is 0 Å². The Hall–Kier alpha value is -1.72. The highest BCUT2D eigenvalue weighted by atomic mass is 33.1. The fourth-order valence-electron chi connectivity index (χ4n) is 3.35. The minimum absolute atomic E-state index is 0.145. The van der Waals surface area contributed by atoms with Crippen molar-refractivity contribution in [1.29, 1.82) is 0 Å². The summed E-state index contributed by atoms with van der Waals surface area (Å²) in [5, 5.41) is 18.8. The van der Waals surface area contributed by atoms with E-state index in [1.165, 1.54) is 17.7 Å². The summed E-state index contributed by atoms with van der Waals surface area (Å²) in [4.78, 5) is 50.6. The summed E-state index contributed by atoms with van der Waals surface area (Å²) in [7, 11) is 3.03. The van der Waals surface area contributed by atoms with Crippen LogP contribution in [0.4, 0.5) is 0 Å². The van der Waals surface area contributed by atoms with Crippen molar-refractivity contribution in [2.45, 2.75) is 76.8 Å². The van der Waals surface area contributed by atoms with Gasteiger partial charge >= 0.3 is 5.97 Å². The molecular weight excluding hydrogens is 454 g/mol. The maximum Gasteiger partial charge on any atom is 0.309 e. The molecule has 32 heavy (non-hydrogen) atoms. The molecule has 1 saturated heterocycles. The molecule has 9 nitrogen and oxygen atoms in total. The highest BCUT2D eigenvalue weighted by Gasteiger charge is 2.31. The Kier molecular flexibility index (Phi) is 10.9. The smallest absolute Gasteiger partial charge is 0.309 e. The van der Waals surface area contributed by atoms with Crippen LogP contribution >= 0.6 is 21.6 Å². The number of aliphatic hydroxyl groups excluding tert-OH is 1. The number of carbonyl (C=O) groups excluding carboxylic acids is 4. The Bertz CT molecular complexity index is 718. The molecule has 0 aliphatic carbocycles. The number of amides is 3. The van der Waals surface area contributed by atoms with Crippen molar-refractivity contribution < 1.29 is 29.0 Å². The minimum atomic E-state index is -1.16. The molecule has 2 bridgehead atoms. The van der Waals surface area contributed by atoms with E-state index in [2.05, 4.69) is 16.0 Å². The van der Waals surface area contributed by atoms with E-state index in [-0.39, 0.29) is 18.8 Å². The van der Waals surface area contributed by atoms with Gasteiger partial charge in [-0.1, -0.05) is 41.5 Å². The molecule has 180 valence electrons. The van der Waals surface area contributed by atoms with E-state index in [0.717, 1.165) is 5.75 Å². The lowest BCUT2D eigenvalue weighted by atomic mass is 9.97. The van der Waals surface area contributed by atoms with E-state index in [1.54, 1.807) is 16.9 Å². The molecule has 0 radical (unpaired) electrons. The van der Waals surface area contributed by atoms with Gasteiger partial charge in [0.15, 0.2) is 0 Å². The van der Waals surface area contributed by atoms with Crippen molar-refractivity contribution in [2.24, 2.45) is 5.92 Å². The largest absolute Gasteiger partial charge is 0.457 e. The molecule has 11 heteroatoms. The highest BCUT2D eigenvalue weighted by Crippen LogP contribution is 2.24. The van der Waals surface area contributed by atoms with Gasteiger partial charge in [-0.25, -0.2) is 0 Å². The SMILES string of the molecule is CC(C)CC1NC(=O)C2CSSCC/C=C\C(CC(=O)NC(C)C(=O)N2)OC(=O)CC1O. The van der Waals surface area contributed by atoms with Crippen molar-refractivity contribution in [2.75, 3.05) is 11.5 Å². The molecule has 0 spiro atoms. The number of aliphatic hydroxyl groups is 1. The zero-order valence-corrected chi connectivity index (χ0v) is 20.3. The monoisotopic (exact) mass is 487 g/mol. The lowest BCUT2D eigenvalue weighted by Gasteiger charge is -2.28. The van der Waals surface area contributed by atoms with Crippen molar-refractivity contribution in [1.82, 2.24) is 16.0 Å². The van der Waals surface area contributed by atoms with Crippen LogP contribution in [0.2, 0.25) is 0 Å². The van der Waals surface area contributed by atoms with Gasteiger partial charge in [0, 0.05) is 11.5 Å². The number of nitrogens with one attached hydrogen (secondary N) is 3. The fourth-order valence-corrected chi connectivity index (χ4v) is 5.51. The molecule has 3 amide bonds. The van der Waals surface area contributed by atoms with E-state index in [0.29, 0.717) is 18.6 Å². The number of ether oxygens (including phenoxy) is 1. The van der Waals surface area contributed by atoms with E-state index >= 15 is 0 Å². The summed E-state index contributed by atoms with van der Waals surface area (Å²) >= 11 is 0. The number of esters is 1. The predicted molar refractivity (Wildman–Crippen MR) is 125 cm³/mol. The molecule has 0 saturated carbocycles. The zero-order valence-electron chi connectivity index (χ0n) is 18.7. The van der Waals surface area contributed by atoms with Crippen molar-refractivity contribution in [3.8, 4) is 0 Å². The Morgan fingerprint density at radius 3 is 2.56 bits per heavy atom. The second-order valence-corrected chi connectivity index (χ2v) is 11.0. The second-order valence-electron chi connectivity index (χ2n) is 8.42. The molecule has 0 aromatic carbocycles. The minimum Gasteiger partial charge on any atom is -0.457 e. The van der Waals surface area contributed by atoms with Crippen LogP contribution in [-0.2, 0) is 23.9 Å². The quantitative estimate of drug-likeness (QED) is 0.257.